The molecule has 1 atom stereocenters. The molecule has 24 heavy (non-hydrogen) atoms. The predicted molar refractivity (Wildman–Crippen MR) is 96.8 cm³/mol. The van der Waals surface area contributed by atoms with Gasteiger partial charge in [0.05, 0.1) is 20.3 Å². The largest absolute Gasteiger partial charge is 0.496 e. The van der Waals surface area contributed by atoms with Gasteiger partial charge in [0, 0.05) is 16.3 Å². The highest BCUT2D eigenvalue weighted by molar-refractivity contribution is 5.94. The Hall–Kier alpha value is -2.52. The molecule has 3 rings (SSSR count). The van der Waals surface area contributed by atoms with Crippen LogP contribution in [0.3, 0.4) is 0 Å². The maximum atomic E-state index is 10.7. The fraction of sp³-hybridized carbons (Fsp3) is 0.238. The molecule has 3 aromatic rings. The van der Waals surface area contributed by atoms with Gasteiger partial charge in [-0.3, -0.25) is 0 Å². The molecule has 0 aliphatic heterocycles. The van der Waals surface area contributed by atoms with Crippen molar-refractivity contribution in [2.24, 2.45) is 0 Å². The Morgan fingerprint density at radius 1 is 0.875 bits per heavy atom. The highest BCUT2D eigenvalue weighted by Gasteiger charge is 2.19. The van der Waals surface area contributed by atoms with E-state index in [9.17, 15) is 5.11 Å². The van der Waals surface area contributed by atoms with E-state index in [1.165, 1.54) is 5.56 Å². The molecule has 0 fully saturated rings. The SMILES string of the molecule is COc1cc(C(O)CCc2ccccc2)c(OC)c2ccccc12. The van der Waals surface area contributed by atoms with Crippen molar-refractivity contribution in [2.75, 3.05) is 14.2 Å². The van der Waals surface area contributed by atoms with Gasteiger partial charge in [-0.15, -0.1) is 0 Å². The summed E-state index contributed by atoms with van der Waals surface area (Å²) in [7, 11) is 3.29. The Labute approximate surface area is 142 Å². The van der Waals surface area contributed by atoms with E-state index in [0.717, 1.165) is 28.5 Å². The van der Waals surface area contributed by atoms with Crippen LogP contribution in [0.15, 0.2) is 60.7 Å². The fourth-order valence-corrected chi connectivity index (χ4v) is 3.08. The molecule has 3 heteroatoms. The summed E-state index contributed by atoms with van der Waals surface area (Å²) in [6, 6.07) is 20.0. The van der Waals surface area contributed by atoms with Crippen LogP contribution in [-0.4, -0.2) is 19.3 Å². The van der Waals surface area contributed by atoms with E-state index >= 15 is 0 Å². The zero-order valence-electron chi connectivity index (χ0n) is 14.0. The highest BCUT2D eigenvalue weighted by Crippen LogP contribution is 2.40. The van der Waals surface area contributed by atoms with Gasteiger partial charge in [0.25, 0.3) is 0 Å². The standard InChI is InChI=1S/C21H22O3/c1-23-20-14-18(19(22)13-12-15-8-4-3-5-9-15)21(24-2)17-11-7-6-10-16(17)20/h3-11,14,19,22H,12-13H2,1-2H3. The molecular formula is C21H22O3. The maximum Gasteiger partial charge on any atom is 0.132 e. The summed E-state index contributed by atoms with van der Waals surface area (Å²) in [5.74, 6) is 1.46. The Kier molecular flexibility index (Phi) is 5.02. The van der Waals surface area contributed by atoms with Crippen molar-refractivity contribution in [3.05, 3.63) is 71.8 Å². The first kappa shape index (κ1) is 16.3. The first-order chi connectivity index (χ1) is 11.7. The van der Waals surface area contributed by atoms with Crippen LogP contribution in [0.4, 0.5) is 0 Å². The lowest BCUT2D eigenvalue weighted by atomic mass is 9.96. The van der Waals surface area contributed by atoms with E-state index in [2.05, 4.69) is 12.1 Å². The number of hydrogen-bond acceptors (Lipinski definition) is 3. The summed E-state index contributed by atoms with van der Waals surface area (Å²) in [4.78, 5) is 0. The number of aliphatic hydroxyl groups excluding tert-OH is 1. The monoisotopic (exact) mass is 322 g/mol. The van der Waals surface area contributed by atoms with Crippen LogP contribution in [0.25, 0.3) is 10.8 Å². The first-order valence-electron chi connectivity index (χ1n) is 8.10. The summed E-state index contributed by atoms with van der Waals surface area (Å²) in [6.45, 7) is 0. The normalized spacial score (nSPS) is 12.1. The molecular weight excluding hydrogens is 300 g/mol. The van der Waals surface area contributed by atoms with Gasteiger partial charge in [-0.05, 0) is 24.5 Å². The third-order valence-corrected chi connectivity index (χ3v) is 4.32. The van der Waals surface area contributed by atoms with Gasteiger partial charge in [-0.1, -0.05) is 54.6 Å². The molecule has 0 aromatic heterocycles. The molecule has 124 valence electrons. The Morgan fingerprint density at radius 3 is 2.21 bits per heavy atom. The van der Waals surface area contributed by atoms with Gasteiger partial charge >= 0.3 is 0 Å². The number of rotatable bonds is 6. The van der Waals surface area contributed by atoms with Crippen LogP contribution >= 0.6 is 0 Å². The van der Waals surface area contributed by atoms with Crippen LogP contribution in [-0.2, 0) is 6.42 Å². The molecule has 3 aromatic carbocycles. The fourth-order valence-electron chi connectivity index (χ4n) is 3.08. The minimum absolute atomic E-state index is 0.612. The Bertz CT molecular complexity index is 812. The van der Waals surface area contributed by atoms with Gasteiger partial charge in [-0.2, -0.15) is 0 Å². The summed E-state index contributed by atoms with van der Waals surface area (Å²) < 4.78 is 11.1. The zero-order valence-corrected chi connectivity index (χ0v) is 14.0. The van der Waals surface area contributed by atoms with E-state index in [1.54, 1.807) is 14.2 Å². The molecule has 0 saturated carbocycles. The van der Waals surface area contributed by atoms with Crippen molar-refractivity contribution in [3.8, 4) is 11.5 Å². The Balaban J connectivity index is 1.95. The van der Waals surface area contributed by atoms with Crippen molar-refractivity contribution >= 4 is 10.8 Å². The van der Waals surface area contributed by atoms with Crippen molar-refractivity contribution in [3.63, 3.8) is 0 Å². The van der Waals surface area contributed by atoms with Crippen molar-refractivity contribution in [1.29, 1.82) is 0 Å². The lowest BCUT2D eigenvalue weighted by Gasteiger charge is -2.19. The molecule has 0 saturated heterocycles. The Morgan fingerprint density at radius 2 is 1.54 bits per heavy atom. The quantitative estimate of drug-likeness (QED) is 0.725. The molecule has 0 aliphatic carbocycles. The summed E-state index contributed by atoms with van der Waals surface area (Å²) in [5, 5.41) is 12.7. The van der Waals surface area contributed by atoms with Crippen LogP contribution in [0.1, 0.15) is 23.7 Å². The maximum absolute atomic E-state index is 10.7. The molecule has 1 unspecified atom stereocenters. The van der Waals surface area contributed by atoms with E-state index in [-0.39, 0.29) is 0 Å². The number of hydrogen-bond donors (Lipinski definition) is 1. The second-order valence-electron chi connectivity index (χ2n) is 5.79. The average molecular weight is 322 g/mol. The summed E-state index contributed by atoms with van der Waals surface area (Å²) in [6.07, 6.45) is 0.820. The van der Waals surface area contributed by atoms with Crippen molar-refractivity contribution in [2.45, 2.75) is 18.9 Å². The molecule has 0 heterocycles. The van der Waals surface area contributed by atoms with Gasteiger partial charge < -0.3 is 14.6 Å². The first-order valence-corrected chi connectivity index (χ1v) is 8.10. The minimum Gasteiger partial charge on any atom is -0.496 e. The average Bonchev–Trinajstić information content (AvgIpc) is 2.65. The van der Waals surface area contributed by atoms with E-state index in [1.807, 2.05) is 48.5 Å². The lowest BCUT2D eigenvalue weighted by molar-refractivity contribution is 0.163. The van der Waals surface area contributed by atoms with Crippen LogP contribution in [0.5, 0.6) is 11.5 Å². The van der Waals surface area contributed by atoms with Gasteiger partial charge in [0.2, 0.25) is 0 Å². The summed E-state index contributed by atoms with van der Waals surface area (Å²) in [5.41, 5.74) is 1.98. The topological polar surface area (TPSA) is 38.7 Å². The molecule has 0 amide bonds. The number of aliphatic hydroxyl groups is 1. The highest BCUT2D eigenvalue weighted by atomic mass is 16.5. The van der Waals surface area contributed by atoms with Gasteiger partial charge in [-0.25, -0.2) is 0 Å². The van der Waals surface area contributed by atoms with Gasteiger partial charge in [0.15, 0.2) is 0 Å². The predicted octanol–water partition coefficient (Wildman–Crippen LogP) is 4.52. The molecule has 3 nitrogen and oxygen atoms in total. The van der Waals surface area contributed by atoms with E-state index in [0.29, 0.717) is 12.2 Å². The number of methoxy groups -OCH3 is 2. The number of ether oxygens (including phenoxy) is 2. The minimum atomic E-state index is -0.612. The van der Waals surface area contributed by atoms with E-state index < -0.39 is 6.10 Å². The van der Waals surface area contributed by atoms with E-state index in [4.69, 9.17) is 9.47 Å². The van der Waals surface area contributed by atoms with Crippen LogP contribution in [0, 0.1) is 0 Å². The second kappa shape index (κ2) is 7.37. The smallest absolute Gasteiger partial charge is 0.132 e. The molecule has 0 radical (unpaired) electrons. The second-order valence-corrected chi connectivity index (χ2v) is 5.79. The zero-order chi connectivity index (χ0) is 16.9. The third kappa shape index (κ3) is 3.22. The van der Waals surface area contributed by atoms with Crippen molar-refractivity contribution in [1.82, 2.24) is 0 Å². The third-order valence-electron chi connectivity index (χ3n) is 4.32. The molecule has 0 aliphatic rings. The van der Waals surface area contributed by atoms with Crippen molar-refractivity contribution < 1.29 is 14.6 Å². The van der Waals surface area contributed by atoms with Gasteiger partial charge in [0.1, 0.15) is 11.5 Å². The number of benzene rings is 3. The van der Waals surface area contributed by atoms with Crippen LogP contribution < -0.4 is 9.47 Å². The molecule has 0 bridgehead atoms. The summed E-state index contributed by atoms with van der Waals surface area (Å²) >= 11 is 0. The van der Waals surface area contributed by atoms with Crippen LogP contribution in [0.2, 0.25) is 0 Å². The lowest BCUT2D eigenvalue weighted by Crippen LogP contribution is -2.04. The number of fused-ring (bicyclic) bond motifs is 1. The number of aryl methyl sites for hydroxylation is 1. The molecule has 0 spiro atoms. The molecule has 1 N–H and O–H groups in total.